The summed E-state index contributed by atoms with van der Waals surface area (Å²) in [6.45, 7) is 3.33. The van der Waals surface area contributed by atoms with Gasteiger partial charge >= 0.3 is 103 Å². The van der Waals surface area contributed by atoms with Gasteiger partial charge in [-0.2, -0.15) is 5.10 Å². The number of nitrogens with zero attached hydrogens (tertiary/aromatic N) is 1. The Hall–Kier alpha value is 2.27. The molecule has 0 aromatic carbocycles. The summed E-state index contributed by atoms with van der Waals surface area (Å²) in [5.74, 6) is 0.264. The Kier molecular flexibility index (Phi) is 11.4. The van der Waals surface area contributed by atoms with Gasteiger partial charge in [-0.1, -0.05) is 0 Å². The molecule has 1 heterocycles. The van der Waals surface area contributed by atoms with Crippen LogP contribution in [0.25, 0.3) is 0 Å². The minimum Gasteiger partial charge on any atom is -0.860 e. The van der Waals surface area contributed by atoms with Crippen LogP contribution in [-0.4, -0.2) is 17.5 Å². The molecule has 0 aliphatic carbocycles. The zero-order valence-electron chi connectivity index (χ0n) is 8.25. The van der Waals surface area contributed by atoms with Gasteiger partial charge in [0.2, 0.25) is 0 Å². The Labute approximate surface area is 162 Å². The zero-order chi connectivity index (χ0) is 8.43. The Morgan fingerprint density at radius 1 is 1.31 bits per heavy atom. The van der Waals surface area contributed by atoms with Crippen LogP contribution in [0.15, 0.2) is 0 Å². The third-order valence-corrected chi connectivity index (χ3v) is 1.27. The van der Waals surface area contributed by atoms with Crippen molar-refractivity contribution in [3.05, 3.63) is 11.4 Å². The zero-order valence-corrected chi connectivity index (χ0v) is 14.5. The summed E-state index contributed by atoms with van der Waals surface area (Å²) in [6.07, 6.45) is 0. The fourth-order valence-corrected chi connectivity index (χ4v) is 0.810. The molecule has 0 atom stereocenters. The molecule has 1 rings (SSSR count). The van der Waals surface area contributed by atoms with Gasteiger partial charge in [0.05, 0.1) is 11.4 Å². The first-order valence-corrected chi connectivity index (χ1v) is 3.11. The number of hydrogen-bond acceptors (Lipinski definition) is 4. The van der Waals surface area contributed by atoms with Gasteiger partial charge in [0, 0.05) is 0 Å². The molecule has 1 aromatic heterocycles. The third kappa shape index (κ3) is 5.78. The molecule has 0 aliphatic heterocycles. The Bertz CT molecular complexity index is 236. The third-order valence-electron chi connectivity index (χ3n) is 1.27. The monoisotopic (exact) mass is 232 g/mol. The second-order valence-corrected chi connectivity index (χ2v) is 2.17. The summed E-state index contributed by atoms with van der Waals surface area (Å²) >= 11 is 0. The van der Waals surface area contributed by atoms with Crippen LogP contribution in [0.2, 0.25) is 0 Å². The maximum absolute atomic E-state index is 10.1. The van der Waals surface area contributed by atoms with Crippen molar-refractivity contribution in [1.29, 1.82) is 0 Å². The number of nitrogens with one attached hydrogen (secondary N) is 1. The first kappa shape index (κ1) is 17.7. The molecule has 60 valence electrons. The van der Waals surface area contributed by atoms with Gasteiger partial charge in [-0.3, -0.25) is 5.10 Å². The van der Waals surface area contributed by atoms with Crippen molar-refractivity contribution in [3.8, 4) is 5.75 Å². The summed E-state index contributed by atoms with van der Waals surface area (Å²) in [7, 11) is -2.29. The van der Waals surface area contributed by atoms with Crippen molar-refractivity contribution in [1.82, 2.24) is 10.2 Å². The van der Waals surface area contributed by atoms with Gasteiger partial charge in [-0.15, -0.1) is 0 Å². The van der Waals surface area contributed by atoms with Crippen LogP contribution < -0.4 is 117 Å². The van der Waals surface area contributed by atoms with Gasteiger partial charge in [0.25, 0.3) is 0 Å². The smallest absolute Gasteiger partial charge is 0.860 e. The van der Waals surface area contributed by atoms with Crippen LogP contribution in [-0.2, 0) is 0 Å². The standard InChI is InChI=1S/C5H7BN2O3.2K/c1-3-5(11-6(9)10)4(2)8-7-3;;/h1-2H3,(H,7,8);;/q-2;2*+1. The van der Waals surface area contributed by atoms with Crippen molar-refractivity contribution >= 4 is 7.32 Å². The Morgan fingerprint density at radius 3 is 2.15 bits per heavy atom. The minimum atomic E-state index is -2.29. The molecule has 0 spiro atoms. The number of aromatic nitrogens is 2. The van der Waals surface area contributed by atoms with E-state index < -0.39 is 7.32 Å². The molecule has 0 bridgehead atoms. The van der Waals surface area contributed by atoms with E-state index >= 15 is 0 Å². The average molecular weight is 232 g/mol. The maximum atomic E-state index is 10.1. The number of aromatic amines is 1. The summed E-state index contributed by atoms with van der Waals surface area (Å²) in [6, 6.07) is 0. The van der Waals surface area contributed by atoms with Crippen LogP contribution in [0.1, 0.15) is 11.4 Å². The van der Waals surface area contributed by atoms with E-state index in [4.69, 9.17) is 0 Å². The number of H-pyrrole nitrogens is 1. The van der Waals surface area contributed by atoms with E-state index in [9.17, 15) is 10.0 Å². The van der Waals surface area contributed by atoms with Crippen molar-refractivity contribution in [2.75, 3.05) is 0 Å². The van der Waals surface area contributed by atoms with Crippen molar-refractivity contribution in [2.24, 2.45) is 0 Å². The second-order valence-electron chi connectivity index (χ2n) is 2.17. The molecule has 0 radical (unpaired) electrons. The van der Waals surface area contributed by atoms with E-state index in [-0.39, 0.29) is 109 Å². The maximum Gasteiger partial charge on any atom is 1.00 e. The SMILES string of the molecule is Cc1n[nH]c(C)c1OB([O-])[O-].[K+].[K+]. The van der Waals surface area contributed by atoms with Crippen LogP contribution in [0.5, 0.6) is 5.75 Å². The van der Waals surface area contributed by atoms with Crippen LogP contribution in [0, 0.1) is 13.8 Å². The molecule has 0 saturated heterocycles. The molecule has 8 heteroatoms. The molecule has 0 amide bonds. The predicted octanol–water partition coefficient (Wildman–Crippen LogP) is -7.88. The van der Waals surface area contributed by atoms with Gasteiger partial charge in [0.15, 0.2) is 0 Å². The average Bonchev–Trinajstić information content (AvgIpc) is 2.18. The number of hydrogen-bond donors (Lipinski definition) is 1. The molecule has 0 saturated carbocycles. The molecule has 5 nitrogen and oxygen atoms in total. The van der Waals surface area contributed by atoms with Gasteiger partial charge in [-0.25, -0.2) is 0 Å². The number of rotatable bonds is 2. The van der Waals surface area contributed by atoms with Crippen molar-refractivity contribution < 1.29 is 117 Å². The van der Waals surface area contributed by atoms with E-state index in [0.717, 1.165) is 0 Å². The van der Waals surface area contributed by atoms with Gasteiger partial charge in [0.1, 0.15) is 13.1 Å². The van der Waals surface area contributed by atoms with Gasteiger partial charge in [-0.05, 0) is 13.8 Å². The van der Waals surface area contributed by atoms with E-state index in [2.05, 4.69) is 14.9 Å². The molecular weight excluding hydrogens is 225 g/mol. The molecule has 0 fully saturated rings. The summed E-state index contributed by atoms with van der Waals surface area (Å²) in [5, 5.41) is 26.5. The van der Waals surface area contributed by atoms with Gasteiger partial charge < -0.3 is 14.7 Å². The molecule has 1 N–H and O–H groups in total. The van der Waals surface area contributed by atoms with Crippen molar-refractivity contribution in [2.45, 2.75) is 13.8 Å². The minimum absolute atomic E-state index is 0. The molecule has 0 aliphatic rings. The first-order valence-electron chi connectivity index (χ1n) is 3.11. The summed E-state index contributed by atoms with van der Waals surface area (Å²) < 4.78 is 4.41. The largest absolute Gasteiger partial charge is 1.00 e. The van der Waals surface area contributed by atoms with Crippen LogP contribution in [0.3, 0.4) is 0 Å². The fraction of sp³-hybridized carbons (Fsp3) is 0.400. The molecular formula is C5H7BK2N2O3. The van der Waals surface area contributed by atoms with E-state index in [0.29, 0.717) is 11.4 Å². The molecule has 13 heavy (non-hydrogen) atoms. The van der Waals surface area contributed by atoms with Crippen LogP contribution in [0.4, 0.5) is 0 Å². The summed E-state index contributed by atoms with van der Waals surface area (Å²) in [4.78, 5) is 0. The van der Waals surface area contributed by atoms with Crippen LogP contribution >= 0.6 is 0 Å². The Balaban J connectivity index is 0. The van der Waals surface area contributed by atoms with E-state index in [1.165, 1.54) is 0 Å². The van der Waals surface area contributed by atoms with Crippen molar-refractivity contribution in [3.63, 3.8) is 0 Å². The first-order chi connectivity index (χ1) is 5.11. The van der Waals surface area contributed by atoms with E-state index in [1.807, 2.05) is 0 Å². The molecule has 1 aromatic rings. The predicted molar refractivity (Wildman–Crippen MR) is 34.4 cm³/mol. The normalized spacial score (nSPS) is 8.31. The quantitative estimate of drug-likeness (QED) is 0.513. The Morgan fingerprint density at radius 2 is 1.85 bits per heavy atom. The topological polar surface area (TPSA) is 84.0 Å². The number of aryl methyl sites for hydroxylation is 2. The fourth-order valence-electron chi connectivity index (χ4n) is 0.810. The van der Waals surface area contributed by atoms with E-state index in [1.54, 1.807) is 13.8 Å². The second kappa shape index (κ2) is 8.42. The summed E-state index contributed by atoms with van der Waals surface area (Å²) in [5.41, 5.74) is 1.12. The molecule has 0 unspecified atom stereocenters.